The van der Waals surface area contributed by atoms with Gasteiger partial charge in [-0.25, -0.2) is 0 Å². The van der Waals surface area contributed by atoms with Gasteiger partial charge < -0.3 is 4.74 Å². The molecule has 1 aromatic rings. The van der Waals surface area contributed by atoms with E-state index < -0.39 is 0 Å². The minimum absolute atomic E-state index is 0.791. The molecule has 122 valence electrons. The third-order valence-electron chi connectivity index (χ3n) is 4.62. The first-order valence-electron chi connectivity index (χ1n) is 9.09. The van der Waals surface area contributed by atoms with E-state index >= 15 is 0 Å². The maximum Gasteiger partial charge on any atom is 0.150 e. The maximum absolute atomic E-state index is 11.2. The number of benzene rings is 1. The van der Waals surface area contributed by atoms with Gasteiger partial charge in [0.1, 0.15) is 12.0 Å². The van der Waals surface area contributed by atoms with E-state index in [9.17, 15) is 4.79 Å². The fraction of sp³-hybridized carbons (Fsp3) is 0.650. The molecule has 0 atom stereocenters. The molecular weight excluding hydrogens is 272 g/mol. The van der Waals surface area contributed by atoms with E-state index in [-0.39, 0.29) is 0 Å². The van der Waals surface area contributed by atoms with Gasteiger partial charge in [0, 0.05) is 11.1 Å². The molecule has 0 saturated carbocycles. The number of hydrogen-bond acceptors (Lipinski definition) is 2. The molecule has 2 rings (SSSR count). The molecule has 0 bridgehead atoms. The predicted octanol–water partition coefficient (Wildman–Crippen LogP) is 5.51. The topological polar surface area (TPSA) is 26.3 Å². The number of fused-ring (bicyclic) bond motifs is 1. The van der Waals surface area contributed by atoms with Crippen LogP contribution in [0.3, 0.4) is 0 Å². The van der Waals surface area contributed by atoms with Crippen molar-refractivity contribution in [2.45, 2.75) is 77.6 Å². The molecule has 1 aromatic carbocycles. The van der Waals surface area contributed by atoms with Crippen molar-refractivity contribution in [1.29, 1.82) is 0 Å². The van der Waals surface area contributed by atoms with Gasteiger partial charge in [-0.3, -0.25) is 4.79 Å². The second kappa shape index (κ2) is 9.66. The van der Waals surface area contributed by atoms with Gasteiger partial charge in [0.2, 0.25) is 0 Å². The summed E-state index contributed by atoms with van der Waals surface area (Å²) in [5.41, 5.74) is 3.27. The van der Waals surface area contributed by atoms with Gasteiger partial charge in [0.05, 0.1) is 6.61 Å². The molecule has 2 heteroatoms. The lowest BCUT2D eigenvalue weighted by Crippen LogP contribution is -2.02. The SMILES string of the molecule is CCCCCCCCCc1ccc(C=O)c2c1OCCCC2. The molecular formula is C20H30O2. The summed E-state index contributed by atoms with van der Waals surface area (Å²) in [4.78, 5) is 11.2. The number of unbranched alkanes of at least 4 members (excludes halogenated alkanes) is 6. The average Bonchev–Trinajstić information content (AvgIpc) is 2.80. The lowest BCUT2D eigenvalue weighted by atomic mass is 9.96. The molecule has 2 nitrogen and oxygen atoms in total. The molecule has 0 spiro atoms. The molecule has 22 heavy (non-hydrogen) atoms. The molecule has 0 aliphatic carbocycles. The summed E-state index contributed by atoms with van der Waals surface area (Å²) in [5.74, 6) is 1.02. The van der Waals surface area contributed by atoms with E-state index in [2.05, 4.69) is 13.0 Å². The first-order chi connectivity index (χ1) is 10.9. The minimum Gasteiger partial charge on any atom is -0.493 e. The fourth-order valence-electron chi connectivity index (χ4n) is 3.29. The highest BCUT2D eigenvalue weighted by molar-refractivity contribution is 5.79. The average molecular weight is 302 g/mol. The number of ether oxygens (including phenoxy) is 1. The maximum atomic E-state index is 11.2. The highest BCUT2D eigenvalue weighted by atomic mass is 16.5. The van der Waals surface area contributed by atoms with Crippen molar-refractivity contribution >= 4 is 6.29 Å². The van der Waals surface area contributed by atoms with Crippen LogP contribution in [-0.4, -0.2) is 12.9 Å². The van der Waals surface area contributed by atoms with Crippen LogP contribution in [0.2, 0.25) is 0 Å². The Morgan fingerprint density at radius 3 is 2.59 bits per heavy atom. The molecule has 0 amide bonds. The van der Waals surface area contributed by atoms with Gasteiger partial charge in [-0.2, -0.15) is 0 Å². The summed E-state index contributed by atoms with van der Waals surface area (Å²) in [6.07, 6.45) is 14.5. The van der Waals surface area contributed by atoms with Crippen molar-refractivity contribution in [3.8, 4) is 5.75 Å². The largest absolute Gasteiger partial charge is 0.493 e. The van der Waals surface area contributed by atoms with Gasteiger partial charge in [-0.05, 0) is 37.7 Å². The summed E-state index contributed by atoms with van der Waals surface area (Å²) in [7, 11) is 0. The van der Waals surface area contributed by atoms with Gasteiger partial charge in [0.25, 0.3) is 0 Å². The van der Waals surface area contributed by atoms with Crippen molar-refractivity contribution in [2.75, 3.05) is 6.61 Å². The molecule has 0 fully saturated rings. The van der Waals surface area contributed by atoms with Crippen molar-refractivity contribution in [3.63, 3.8) is 0 Å². The Morgan fingerprint density at radius 2 is 1.82 bits per heavy atom. The Morgan fingerprint density at radius 1 is 1.05 bits per heavy atom. The summed E-state index contributed by atoms with van der Waals surface area (Å²) in [5, 5.41) is 0. The van der Waals surface area contributed by atoms with Crippen LogP contribution in [-0.2, 0) is 12.8 Å². The highest BCUT2D eigenvalue weighted by Crippen LogP contribution is 2.32. The van der Waals surface area contributed by atoms with E-state index in [0.717, 1.165) is 55.5 Å². The van der Waals surface area contributed by atoms with Crippen molar-refractivity contribution in [3.05, 3.63) is 28.8 Å². The molecule has 0 saturated heterocycles. The Hall–Kier alpha value is -1.31. The molecule has 0 aromatic heterocycles. The summed E-state index contributed by atoms with van der Waals surface area (Å²) in [6, 6.07) is 4.09. The zero-order valence-electron chi connectivity index (χ0n) is 14.0. The van der Waals surface area contributed by atoms with Crippen molar-refractivity contribution < 1.29 is 9.53 Å². The summed E-state index contributed by atoms with van der Waals surface area (Å²) in [6.45, 7) is 3.05. The fourth-order valence-corrected chi connectivity index (χ4v) is 3.29. The zero-order valence-corrected chi connectivity index (χ0v) is 14.0. The highest BCUT2D eigenvalue weighted by Gasteiger charge is 2.16. The summed E-state index contributed by atoms with van der Waals surface area (Å²) < 4.78 is 5.97. The van der Waals surface area contributed by atoms with Crippen LogP contribution in [0.1, 0.15) is 86.2 Å². The number of carbonyl (C=O) groups excluding carboxylic acids is 1. The first-order valence-corrected chi connectivity index (χ1v) is 9.09. The molecule has 0 unspecified atom stereocenters. The van der Waals surface area contributed by atoms with Crippen molar-refractivity contribution in [2.24, 2.45) is 0 Å². The standard InChI is InChI=1S/C20H30O2/c1-2-3-4-5-6-7-8-11-17-13-14-18(16-21)19-12-9-10-15-22-20(17)19/h13-14,16H,2-12,15H2,1H3. The molecule has 1 aliphatic heterocycles. The van der Waals surface area contributed by atoms with Gasteiger partial charge in [-0.15, -0.1) is 0 Å². The zero-order chi connectivity index (χ0) is 15.6. The molecule has 1 heterocycles. The molecule has 0 N–H and O–H groups in total. The quantitative estimate of drug-likeness (QED) is 0.444. The Labute approximate surface area is 135 Å². The Balaban J connectivity index is 1.89. The van der Waals surface area contributed by atoms with E-state index in [4.69, 9.17) is 4.74 Å². The van der Waals surface area contributed by atoms with Gasteiger partial charge >= 0.3 is 0 Å². The van der Waals surface area contributed by atoms with Crippen LogP contribution in [0.5, 0.6) is 5.75 Å². The first kappa shape index (κ1) is 17.1. The van der Waals surface area contributed by atoms with Crippen molar-refractivity contribution in [1.82, 2.24) is 0 Å². The summed E-state index contributed by atoms with van der Waals surface area (Å²) >= 11 is 0. The normalized spacial score (nSPS) is 14.0. The third-order valence-corrected chi connectivity index (χ3v) is 4.62. The van der Waals surface area contributed by atoms with E-state index in [0.29, 0.717) is 0 Å². The monoisotopic (exact) mass is 302 g/mol. The molecule has 0 radical (unpaired) electrons. The smallest absolute Gasteiger partial charge is 0.150 e. The number of aldehydes is 1. The van der Waals surface area contributed by atoms with Gasteiger partial charge in [-0.1, -0.05) is 57.6 Å². The van der Waals surface area contributed by atoms with Crippen LogP contribution in [0, 0.1) is 0 Å². The van der Waals surface area contributed by atoms with Crippen LogP contribution < -0.4 is 4.74 Å². The molecule has 1 aliphatic rings. The second-order valence-corrected chi connectivity index (χ2v) is 6.42. The number of carbonyl (C=O) groups is 1. The Kier molecular flexibility index (Phi) is 7.48. The predicted molar refractivity (Wildman–Crippen MR) is 92.0 cm³/mol. The van der Waals surface area contributed by atoms with Gasteiger partial charge in [0.15, 0.2) is 0 Å². The lowest BCUT2D eigenvalue weighted by Gasteiger charge is -2.14. The van der Waals surface area contributed by atoms with Crippen LogP contribution >= 0.6 is 0 Å². The van der Waals surface area contributed by atoms with Crippen LogP contribution in [0.15, 0.2) is 12.1 Å². The lowest BCUT2D eigenvalue weighted by molar-refractivity contribution is 0.112. The number of rotatable bonds is 9. The van der Waals surface area contributed by atoms with E-state index in [1.54, 1.807) is 0 Å². The Bertz CT molecular complexity index is 465. The third kappa shape index (κ3) is 4.86. The van der Waals surface area contributed by atoms with E-state index in [1.807, 2.05) is 6.07 Å². The van der Waals surface area contributed by atoms with Crippen LogP contribution in [0.25, 0.3) is 0 Å². The number of aryl methyl sites for hydroxylation is 1. The minimum atomic E-state index is 0.791. The second-order valence-electron chi connectivity index (χ2n) is 6.42. The van der Waals surface area contributed by atoms with E-state index in [1.165, 1.54) is 50.5 Å². The number of hydrogen-bond donors (Lipinski definition) is 0. The van der Waals surface area contributed by atoms with Crippen LogP contribution in [0.4, 0.5) is 0 Å².